The van der Waals surface area contributed by atoms with E-state index in [2.05, 4.69) is 6.92 Å². The van der Waals surface area contributed by atoms with E-state index in [-0.39, 0.29) is 0 Å². The SMILES string of the molecule is CCCCCCCCCCCCC(=O)C(C)(N)C1CC1. The molecule has 0 bridgehead atoms. The molecule has 0 saturated heterocycles. The number of carbonyl (C=O) groups excluding carboxylic acids is 1. The van der Waals surface area contributed by atoms with Gasteiger partial charge < -0.3 is 5.73 Å². The van der Waals surface area contributed by atoms with Gasteiger partial charge in [-0.3, -0.25) is 4.79 Å². The normalized spacial score (nSPS) is 17.9. The first-order valence-corrected chi connectivity index (χ1v) is 8.91. The number of unbranched alkanes of at least 4 members (excludes halogenated alkanes) is 9. The van der Waals surface area contributed by atoms with Gasteiger partial charge in [0.05, 0.1) is 5.54 Å². The van der Waals surface area contributed by atoms with Gasteiger partial charge in [-0.15, -0.1) is 0 Å². The molecule has 0 aliphatic heterocycles. The van der Waals surface area contributed by atoms with E-state index in [0.29, 0.717) is 18.1 Å². The predicted molar refractivity (Wildman–Crippen MR) is 86.8 cm³/mol. The summed E-state index contributed by atoms with van der Waals surface area (Å²) in [6.45, 7) is 4.19. The van der Waals surface area contributed by atoms with Crippen LogP contribution in [0, 0.1) is 5.92 Å². The summed E-state index contributed by atoms with van der Waals surface area (Å²) in [6, 6.07) is 0. The van der Waals surface area contributed by atoms with Crippen molar-refractivity contribution >= 4 is 5.78 Å². The lowest BCUT2D eigenvalue weighted by Gasteiger charge is -2.22. The molecule has 1 aliphatic rings. The Morgan fingerprint density at radius 3 is 1.85 bits per heavy atom. The minimum Gasteiger partial charge on any atom is -0.319 e. The molecule has 1 fully saturated rings. The number of nitrogens with two attached hydrogens (primary N) is 1. The second-order valence-corrected chi connectivity index (χ2v) is 6.91. The monoisotopic (exact) mass is 281 g/mol. The fourth-order valence-corrected chi connectivity index (χ4v) is 2.95. The lowest BCUT2D eigenvalue weighted by Crippen LogP contribution is -2.46. The highest BCUT2D eigenvalue weighted by Gasteiger charge is 2.43. The Kier molecular flexibility index (Phi) is 8.44. The van der Waals surface area contributed by atoms with Crippen LogP contribution in [0.15, 0.2) is 0 Å². The second kappa shape index (κ2) is 9.55. The van der Waals surface area contributed by atoms with Gasteiger partial charge in [-0.25, -0.2) is 0 Å². The fraction of sp³-hybridized carbons (Fsp3) is 0.944. The number of hydrogen-bond donors (Lipinski definition) is 1. The van der Waals surface area contributed by atoms with E-state index < -0.39 is 5.54 Å². The standard InChI is InChI=1S/C18H35NO/c1-3-4-5-6-7-8-9-10-11-12-13-17(20)18(2,19)16-14-15-16/h16H,3-15,19H2,1-2H3. The van der Waals surface area contributed by atoms with Gasteiger partial charge in [-0.2, -0.15) is 0 Å². The first kappa shape index (κ1) is 17.7. The smallest absolute Gasteiger partial charge is 0.152 e. The van der Waals surface area contributed by atoms with Crippen molar-refractivity contribution in [3.63, 3.8) is 0 Å². The molecule has 20 heavy (non-hydrogen) atoms. The molecule has 2 N–H and O–H groups in total. The molecule has 0 spiro atoms. The molecule has 0 aromatic rings. The summed E-state index contributed by atoms with van der Waals surface area (Å²) < 4.78 is 0. The summed E-state index contributed by atoms with van der Waals surface area (Å²) in [7, 11) is 0. The summed E-state index contributed by atoms with van der Waals surface area (Å²) in [5.41, 5.74) is 5.61. The number of hydrogen-bond acceptors (Lipinski definition) is 2. The zero-order chi connectivity index (χ0) is 14.8. The van der Waals surface area contributed by atoms with Crippen molar-refractivity contribution in [1.29, 1.82) is 0 Å². The van der Waals surface area contributed by atoms with Gasteiger partial charge in [0, 0.05) is 6.42 Å². The Balaban J connectivity index is 1.88. The topological polar surface area (TPSA) is 43.1 Å². The van der Waals surface area contributed by atoms with E-state index in [4.69, 9.17) is 5.73 Å². The third-order valence-electron chi connectivity index (χ3n) is 4.78. The Morgan fingerprint density at radius 1 is 0.950 bits per heavy atom. The van der Waals surface area contributed by atoms with Crippen molar-refractivity contribution in [1.82, 2.24) is 0 Å². The highest BCUT2D eigenvalue weighted by Crippen LogP contribution is 2.39. The summed E-state index contributed by atoms with van der Waals surface area (Å²) in [4.78, 5) is 12.1. The van der Waals surface area contributed by atoms with Gasteiger partial charge >= 0.3 is 0 Å². The lowest BCUT2D eigenvalue weighted by molar-refractivity contribution is -0.124. The average Bonchev–Trinajstić information content (AvgIpc) is 3.25. The molecule has 118 valence electrons. The van der Waals surface area contributed by atoms with Crippen molar-refractivity contribution in [3.8, 4) is 0 Å². The van der Waals surface area contributed by atoms with Crippen molar-refractivity contribution in [2.45, 2.75) is 103 Å². The van der Waals surface area contributed by atoms with Gasteiger partial charge in [0.2, 0.25) is 0 Å². The molecule has 0 amide bonds. The van der Waals surface area contributed by atoms with Crippen molar-refractivity contribution < 1.29 is 4.79 Å². The van der Waals surface area contributed by atoms with Crippen LogP contribution in [-0.2, 0) is 4.79 Å². The number of Topliss-reactive ketones (excluding diaryl/α,β-unsaturated/α-hetero) is 1. The van der Waals surface area contributed by atoms with Crippen molar-refractivity contribution in [2.75, 3.05) is 0 Å². The van der Waals surface area contributed by atoms with Crippen LogP contribution in [-0.4, -0.2) is 11.3 Å². The number of ketones is 1. The Bertz CT molecular complexity index is 269. The second-order valence-electron chi connectivity index (χ2n) is 6.91. The molecule has 1 unspecified atom stereocenters. The van der Waals surface area contributed by atoms with Gasteiger partial charge in [0.1, 0.15) is 0 Å². The van der Waals surface area contributed by atoms with Crippen LogP contribution < -0.4 is 5.73 Å². The molecule has 0 heterocycles. The molecule has 1 saturated carbocycles. The lowest BCUT2D eigenvalue weighted by atomic mass is 9.88. The van der Waals surface area contributed by atoms with Crippen LogP contribution in [0.1, 0.15) is 97.3 Å². The van der Waals surface area contributed by atoms with Crippen molar-refractivity contribution in [3.05, 3.63) is 0 Å². The molecule has 0 aromatic carbocycles. The molecular weight excluding hydrogens is 246 g/mol. The number of rotatable bonds is 13. The van der Waals surface area contributed by atoms with Crippen LogP contribution in [0.5, 0.6) is 0 Å². The average molecular weight is 281 g/mol. The molecular formula is C18H35NO. The van der Waals surface area contributed by atoms with Gasteiger partial charge in [-0.1, -0.05) is 64.7 Å². The molecule has 2 nitrogen and oxygen atoms in total. The molecule has 1 rings (SSSR count). The quantitative estimate of drug-likeness (QED) is 0.483. The van der Waals surface area contributed by atoms with Crippen LogP contribution in [0.25, 0.3) is 0 Å². The van der Waals surface area contributed by atoms with E-state index in [1.54, 1.807) is 0 Å². The van der Waals surface area contributed by atoms with Gasteiger partial charge in [0.25, 0.3) is 0 Å². The molecule has 2 heteroatoms. The van der Waals surface area contributed by atoms with Crippen LogP contribution in [0.2, 0.25) is 0 Å². The predicted octanol–water partition coefficient (Wildman–Crippen LogP) is 4.99. The molecule has 0 radical (unpaired) electrons. The highest BCUT2D eigenvalue weighted by molar-refractivity contribution is 5.88. The number of carbonyl (C=O) groups is 1. The van der Waals surface area contributed by atoms with E-state index >= 15 is 0 Å². The van der Waals surface area contributed by atoms with Crippen LogP contribution in [0.3, 0.4) is 0 Å². The van der Waals surface area contributed by atoms with E-state index in [0.717, 1.165) is 19.3 Å². The fourth-order valence-electron chi connectivity index (χ4n) is 2.95. The van der Waals surface area contributed by atoms with Gasteiger partial charge in [-0.05, 0) is 32.1 Å². The molecule has 1 aliphatic carbocycles. The minimum absolute atomic E-state index is 0.291. The maximum atomic E-state index is 12.1. The maximum absolute atomic E-state index is 12.1. The highest BCUT2D eigenvalue weighted by atomic mass is 16.1. The van der Waals surface area contributed by atoms with Gasteiger partial charge in [0.15, 0.2) is 5.78 Å². The Hall–Kier alpha value is -0.370. The Morgan fingerprint density at radius 2 is 1.40 bits per heavy atom. The van der Waals surface area contributed by atoms with Crippen molar-refractivity contribution in [2.24, 2.45) is 11.7 Å². The summed E-state index contributed by atoms with van der Waals surface area (Å²) in [5.74, 6) is 0.762. The minimum atomic E-state index is -0.528. The largest absolute Gasteiger partial charge is 0.319 e. The third-order valence-corrected chi connectivity index (χ3v) is 4.78. The first-order chi connectivity index (χ1) is 9.59. The van der Waals surface area contributed by atoms with E-state index in [1.165, 1.54) is 57.8 Å². The molecule has 0 aromatic heterocycles. The van der Waals surface area contributed by atoms with E-state index in [1.807, 2.05) is 6.92 Å². The molecule has 1 atom stereocenters. The summed E-state index contributed by atoms with van der Waals surface area (Å²) >= 11 is 0. The zero-order valence-corrected chi connectivity index (χ0v) is 13.8. The third kappa shape index (κ3) is 6.88. The summed E-state index contributed by atoms with van der Waals surface area (Å²) in [6.07, 6.45) is 16.1. The first-order valence-electron chi connectivity index (χ1n) is 8.91. The maximum Gasteiger partial charge on any atom is 0.152 e. The van der Waals surface area contributed by atoms with Crippen LogP contribution in [0.4, 0.5) is 0 Å². The zero-order valence-electron chi connectivity index (χ0n) is 13.8. The Labute approximate surface area is 125 Å². The summed E-state index contributed by atoms with van der Waals surface area (Å²) in [5, 5.41) is 0. The van der Waals surface area contributed by atoms with Crippen LogP contribution >= 0.6 is 0 Å². The van der Waals surface area contributed by atoms with E-state index in [9.17, 15) is 4.79 Å².